The Balaban J connectivity index is 1.68. The van der Waals surface area contributed by atoms with Crippen LogP contribution in [0.4, 0.5) is 0 Å². The van der Waals surface area contributed by atoms with Crippen molar-refractivity contribution in [3.05, 3.63) is 112 Å². The minimum atomic E-state index is -4.16. The van der Waals surface area contributed by atoms with Gasteiger partial charge in [-0.2, -0.15) is 8.42 Å². The van der Waals surface area contributed by atoms with Crippen LogP contribution < -0.4 is 9.74 Å². The van der Waals surface area contributed by atoms with Gasteiger partial charge in [-0.25, -0.2) is 0 Å². The van der Waals surface area contributed by atoms with E-state index in [-0.39, 0.29) is 27.2 Å². The molecule has 0 saturated heterocycles. The Morgan fingerprint density at radius 1 is 0.914 bits per heavy atom. The molecule has 1 aliphatic carbocycles. The molecule has 0 unspecified atom stereocenters. The van der Waals surface area contributed by atoms with E-state index in [1.165, 1.54) is 0 Å². The number of hydrogen-bond donors (Lipinski definition) is 0. The van der Waals surface area contributed by atoms with E-state index in [0.29, 0.717) is 12.0 Å². The smallest absolute Gasteiger partial charge is 0.339 e. The Morgan fingerprint density at radius 2 is 1.60 bits per heavy atom. The number of fused-ring (bicyclic) bond motifs is 3. The summed E-state index contributed by atoms with van der Waals surface area (Å²) in [5.74, 6) is 0.159. The molecule has 2 aliphatic rings. The highest BCUT2D eigenvalue weighted by molar-refractivity contribution is 7.87. The molecule has 4 aromatic rings. The van der Waals surface area contributed by atoms with Gasteiger partial charge in [0.25, 0.3) is 5.56 Å². The van der Waals surface area contributed by atoms with E-state index in [1.807, 2.05) is 55.5 Å². The van der Waals surface area contributed by atoms with Crippen molar-refractivity contribution < 1.29 is 12.6 Å². The Kier molecular flexibility index (Phi) is 4.80. The molecule has 0 N–H and O–H groups in total. The molecular formula is C29H25NO4S. The predicted molar refractivity (Wildman–Crippen MR) is 136 cm³/mol. The highest BCUT2D eigenvalue weighted by atomic mass is 32.2. The third-order valence-electron chi connectivity index (χ3n) is 7.36. The van der Waals surface area contributed by atoms with Crippen LogP contribution in [0.3, 0.4) is 0 Å². The summed E-state index contributed by atoms with van der Waals surface area (Å²) in [7, 11) is -4.16. The molecule has 6 rings (SSSR count). The van der Waals surface area contributed by atoms with E-state index in [4.69, 9.17) is 4.18 Å². The van der Waals surface area contributed by atoms with Gasteiger partial charge in [0, 0.05) is 16.7 Å². The molecule has 0 saturated carbocycles. The van der Waals surface area contributed by atoms with Gasteiger partial charge in [-0.1, -0.05) is 66.2 Å². The van der Waals surface area contributed by atoms with Crippen LogP contribution in [-0.2, 0) is 22.0 Å². The lowest BCUT2D eigenvalue weighted by atomic mass is 9.71. The van der Waals surface area contributed by atoms with Crippen molar-refractivity contribution in [3.63, 3.8) is 0 Å². The number of rotatable bonds is 4. The van der Waals surface area contributed by atoms with E-state index >= 15 is 0 Å². The zero-order valence-electron chi connectivity index (χ0n) is 19.6. The molecule has 0 radical (unpaired) electrons. The number of nitrogens with zero attached hydrogens (tertiary/aromatic N) is 1. The first-order valence-corrected chi connectivity index (χ1v) is 13.2. The Morgan fingerprint density at radius 3 is 2.34 bits per heavy atom. The lowest BCUT2D eigenvalue weighted by Gasteiger charge is -2.33. The highest BCUT2D eigenvalue weighted by Crippen LogP contribution is 2.52. The Labute approximate surface area is 204 Å². The van der Waals surface area contributed by atoms with Crippen LogP contribution in [0, 0.1) is 6.92 Å². The van der Waals surface area contributed by atoms with Crippen LogP contribution in [0.1, 0.15) is 42.1 Å². The van der Waals surface area contributed by atoms with Crippen molar-refractivity contribution in [2.75, 3.05) is 0 Å². The number of aromatic nitrogens is 1. The first-order valence-electron chi connectivity index (χ1n) is 11.8. The fourth-order valence-corrected chi connectivity index (χ4v) is 6.66. The van der Waals surface area contributed by atoms with Gasteiger partial charge in [0.05, 0.1) is 11.3 Å². The maximum Gasteiger partial charge on any atom is 0.339 e. The molecular weight excluding hydrogens is 458 g/mol. The summed E-state index contributed by atoms with van der Waals surface area (Å²) in [5.41, 5.74) is 4.82. The van der Waals surface area contributed by atoms with Crippen LogP contribution in [-0.4, -0.2) is 13.0 Å². The topological polar surface area (TPSA) is 65.4 Å². The predicted octanol–water partition coefficient (Wildman–Crippen LogP) is 5.54. The molecule has 1 aliphatic heterocycles. The monoisotopic (exact) mass is 483 g/mol. The minimum Gasteiger partial charge on any atom is -0.378 e. The highest BCUT2D eigenvalue weighted by Gasteiger charge is 2.46. The second kappa shape index (κ2) is 7.68. The number of pyridine rings is 1. The van der Waals surface area contributed by atoms with Gasteiger partial charge in [-0.05, 0) is 62.4 Å². The summed E-state index contributed by atoms with van der Waals surface area (Å²) in [6, 6.07) is 23.7. The maximum atomic E-state index is 14.2. The van der Waals surface area contributed by atoms with Gasteiger partial charge in [-0.15, -0.1) is 0 Å². The van der Waals surface area contributed by atoms with Crippen molar-refractivity contribution in [2.45, 2.75) is 43.4 Å². The normalized spacial score (nSPS) is 18.1. The lowest BCUT2D eigenvalue weighted by Crippen LogP contribution is -2.33. The SMILES string of the molecule is Cc1ccc(S(=O)(=O)Oc2c3c4n(c(=O)c2-c2ccccc2)-c2ccccc2[C@]4(C)CCC3)cc1. The van der Waals surface area contributed by atoms with Crippen molar-refractivity contribution in [3.8, 4) is 22.6 Å². The number of hydrogen-bond acceptors (Lipinski definition) is 4. The second-order valence-corrected chi connectivity index (χ2v) is 11.1. The van der Waals surface area contributed by atoms with E-state index in [9.17, 15) is 13.2 Å². The van der Waals surface area contributed by atoms with E-state index in [1.54, 1.807) is 28.8 Å². The fourth-order valence-electron chi connectivity index (χ4n) is 5.69. The molecule has 0 amide bonds. The molecule has 2 heterocycles. The van der Waals surface area contributed by atoms with Crippen molar-refractivity contribution in [1.82, 2.24) is 4.57 Å². The third-order valence-corrected chi connectivity index (χ3v) is 8.59. The van der Waals surface area contributed by atoms with E-state index in [2.05, 4.69) is 13.0 Å². The van der Waals surface area contributed by atoms with Crippen molar-refractivity contribution >= 4 is 10.1 Å². The molecule has 3 aromatic carbocycles. The number of aryl methyl sites for hydroxylation is 1. The molecule has 1 aromatic heterocycles. The average molecular weight is 484 g/mol. The average Bonchev–Trinajstić information content (AvgIpc) is 3.13. The van der Waals surface area contributed by atoms with Crippen LogP contribution in [0.2, 0.25) is 0 Å². The summed E-state index contributed by atoms with van der Waals surface area (Å²) < 4.78 is 34.6. The molecule has 5 nitrogen and oxygen atoms in total. The van der Waals surface area contributed by atoms with Gasteiger partial charge in [0.1, 0.15) is 4.90 Å². The van der Waals surface area contributed by atoms with Crippen molar-refractivity contribution in [1.29, 1.82) is 0 Å². The summed E-state index contributed by atoms with van der Waals surface area (Å²) in [6.07, 6.45) is 2.38. The van der Waals surface area contributed by atoms with E-state index < -0.39 is 10.1 Å². The fraction of sp³-hybridized carbons (Fsp3) is 0.207. The summed E-state index contributed by atoms with van der Waals surface area (Å²) in [5, 5.41) is 0. The Hall–Kier alpha value is -3.64. The molecule has 176 valence electrons. The number of para-hydroxylation sites is 1. The summed E-state index contributed by atoms with van der Waals surface area (Å²) >= 11 is 0. The minimum absolute atomic E-state index is 0.0665. The van der Waals surface area contributed by atoms with Gasteiger partial charge in [-0.3, -0.25) is 9.36 Å². The zero-order chi connectivity index (χ0) is 24.4. The summed E-state index contributed by atoms with van der Waals surface area (Å²) in [6.45, 7) is 4.04. The molecule has 0 fully saturated rings. The quantitative estimate of drug-likeness (QED) is 0.358. The van der Waals surface area contributed by atoms with Crippen LogP contribution >= 0.6 is 0 Å². The molecule has 35 heavy (non-hydrogen) atoms. The van der Waals surface area contributed by atoms with Gasteiger partial charge in [0.15, 0.2) is 5.75 Å². The van der Waals surface area contributed by atoms with Crippen LogP contribution in [0.15, 0.2) is 88.6 Å². The lowest BCUT2D eigenvalue weighted by molar-refractivity contribution is 0.441. The largest absolute Gasteiger partial charge is 0.378 e. The standard InChI is InChI=1S/C29H25NO4S/c1-19-14-16-21(17-15-19)35(32,33)34-26-22-11-8-18-29(2)23-12-6-7-13-24(23)30(27(22)29)28(31)25(26)20-9-4-3-5-10-20/h3-7,9-10,12-17H,8,11,18H2,1-2H3/t29-/m0/s1. The second-order valence-electron chi connectivity index (χ2n) is 9.59. The van der Waals surface area contributed by atoms with E-state index in [0.717, 1.165) is 40.9 Å². The zero-order valence-corrected chi connectivity index (χ0v) is 20.4. The summed E-state index contributed by atoms with van der Waals surface area (Å²) in [4.78, 5) is 14.2. The first kappa shape index (κ1) is 21.9. The molecule has 1 atom stereocenters. The first-order chi connectivity index (χ1) is 16.8. The molecule has 0 bridgehead atoms. The van der Waals surface area contributed by atoms with Gasteiger partial charge in [0.2, 0.25) is 0 Å². The number of benzene rings is 3. The molecule has 0 spiro atoms. The third kappa shape index (κ3) is 3.20. The maximum absolute atomic E-state index is 14.2. The van der Waals surface area contributed by atoms with Crippen LogP contribution in [0.25, 0.3) is 16.8 Å². The van der Waals surface area contributed by atoms with Crippen molar-refractivity contribution in [2.24, 2.45) is 0 Å². The van der Waals surface area contributed by atoms with Gasteiger partial charge >= 0.3 is 10.1 Å². The van der Waals surface area contributed by atoms with Crippen LogP contribution in [0.5, 0.6) is 5.75 Å². The molecule has 6 heteroatoms. The Bertz CT molecular complexity index is 1640. The van der Waals surface area contributed by atoms with Gasteiger partial charge < -0.3 is 4.18 Å².